The van der Waals surface area contributed by atoms with Crippen molar-refractivity contribution in [3.8, 4) is 0 Å². The van der Waals surface area contributed by atoms with Gasteiger partial charge in [0, 0.05) is 32.3 Å². The normalized spacial score (nSPS) is 7.50. The van der Waals surface area contributed by atoms with E-state index in [4.69, 9.17) is 69.6 Å². The van der Waals surface area contributed by atoms with Gasteiger partial charge in [0.25, 0.3) is 0 Å². The van der Waals surface area contributed by atoms with Crippen molar-refractivity contribution in [3.05, 3.63) is 394 Å². The van der Waals surface area contributed by atoms with Crippen LogP contribution in [0.1, 0.15) is 0 Å². The van der Waals surface area contributed by atoms with Gasteiger partial charge in [-0.25, -0.2) is 0 Å². The predicted molar refractivity (Wildman–Crippen MR) is 317 cm³/mol. The van der Waals surface area contributed by atoms with Crippen LogP contribution in [0.2, 0.25) is 30.1 Å². The van der Waals surface area contributed by atoms with Gasteiger partial charge < -0.3 is 0 Å². The SMILES string of the molecule is Clc1c2c#cc#cc#cc#cc3ccc(c#cc#cc#cc#cc4c(Cl)c5c#cc#cc#cc#cc6ccc(c#cc#cc#cc#cc1c(Cl)c(c#cc#cc#cc#cc1ccc(c#cc#cc#cc#cc(c4Cl)c5Cl)cc1)c2Cl)cc6)cc3. The van der Waals surface area contributed by atoms with Crippen molar-refractivity contribution in [3.63, 3.8) is 0 Å². The van der Waals surface area contributed by atoms with E-state index in [2.05, 4.69) is 291 Å². The average molecular weight is 1160 g/mol. The Kier molecular flexibility index (Phi) is 23.1. The van der Waals surface area contributed by atoms with Gasteiger partial charge in [-0.05, 0) is 328 Å². The molecule has 0 heterocycles. The molecule has 0 nitrogen and oxygen atoms in total. The topological polar surface area (TPSA) is 0 Å². The lowest BCUT2D eigenvalue weighted by Gasteiger charge is -2.01. The maximum absolute atomic E-state index is 6.80. The summed E-state index contributed by atoms with van der Waals surface area (Å²) in [5.74, 6) is 0. The third-order valence-electron chi connectivity index (χ3n) is 9.53. The molecule has 17 aromatic rings. The summed E-state index contributed by atoms with van der Waals surface area (Å²) in [4.78, 5) is 0. The lowest BCUT2D eigenvalue weighted by atomic mass is 10.1. The minimum Gasteiger partial charge on any atom is -0.0815 e. The lowest BCUT2D eigenvalue weighted by molar-refractivity contribution is 1.81. The Hall–Kier alpha value is -12.7. The average Bonchev–Trinajstić information content (AvgIpc) is 2.70. The van der Waals surface area contributed by atoms with Gasteiger partial charge in [0.1, 0.15) is 0 Å². The Labute approximate surface area is 524 Å². The minimum atomic E-state index is 0.0400. The molecule has 0 unspecified atom stereocenters. The quantitative estimate of drug-likeness (QED) is 0.142. The first-order chi connectivity index (χ1) is 41.3. The van der Waals surface area contributed by atoms with E-state index in [1.54, 1.807) is 72.8 Å². The van der Waals surface area contributed by atoms with Gasteiger partial charge in [-0.15, -0.1) is 0 Å². The molecule has 17 rings (SSSR count). The minimum absolute atomic E-state index is 0.0400. The molecule has 6 heteroatoms. The monoisotopic (exact) mass is 1160 g/mol. The van der Waals surface area contributed by atoms with Crippen molar-refractivity contribution in [1.29, 1.82) is 0 Å². The fourth-order valence-corrected chi connectivity index (χ4v) is 7.82. The molecular formula is C78H12Cl6. The largest absolute Gasteiger partial charge is 0.0815 e. The molecule has 0 aliphatic heterocycles. The van der Waals surface area contributed by atoms with Crippen LogP contribution in [0.5, 0.6) is 0 Å². The van der Waals surface area contributed by atoms with E-state index in [-0.39, 0.29) is 62.5 Å². The molecule has 0 N–H and O–H groups in total. The van der Waals surface area contributed by atoms with Gasteiger partial charge in [0.15, 0.2) is 0 Å². The second-order valence-electron chi connectivity index (χ2n) is 14.9. The smallest absolute Gasteiger partial charge is 0.0750 e. The van der Waals surface area contributed by atoms with Crippen LogP contribution in [0.4, 0.5) is 0 Å². The Morgan fingerprint density at radius 1 is 0.131 bits per heavy atom. The zero-order valence-electron chi connectivity index (χ0n) is 42.2. The van der Waals surface area contributed by atoms with E-state index < -0.39 is 0 Å². The summed E-state index contributed by atoms with van der Waals surface area (Å²) in [5.41, 5.74) is 0. The molecule has 0 aromatic heterocycles. The Bertz CT molecular complexity index is 3500. The van der Waals surface area contributed by atoms with Crippen molar-refractivity contribution >= 4 is 134 Å². The molecule has 0 spiro atoms. The maximum atomic E-state index is 6.80. The molecular weight excluding hydrogens is 1150 g/mol. The van der Waals surface area contributed by atoms with Crippen molar-refractivity contribution in [2.45, 2.75) is 0 Å². The summed E-state index contributed by atoms with van der Waals surface area (Å²) in [6, 6.07) is 153. The molecule has 12 bridgehead atoms. The van der Waals surface area contributed by atoms with Crippen LogP contribution in [-0.4, -0.2) is 0 Å². The summed E-state index contributed by atoms with van der Waals surface area (Å²) in [6.45, 7) is 0. The van der Waals surface area contributed by atoms with Gasteiger partial charge in [-0.3, -0.25) is 0 Å². The second kappa shape index (κ2) is 32.9. The molecule has 0 aliphatic carbocycles. The van der Waals surface area contributed by atoms with Crippen LogP contribution in [0.15, 0.2) is 72.8 Å². The van der Waals surface area contributed by atoms with E-state index in [1.807, 2.05) is 0 Å². The van der Waals surface area contributed by atoms with Crippen molar-refractivity contribution < 1.29 is 0 Å². The molecule has 84 heavy (non-hydrogen) atoms. The summed E-state index contributed by atoms with van der Waals surface area (Å²) >= 11 is 40.8. The Morgan fingerprint density at radius 3 is 0.345 bits per heavy atom. The highest BCUT2D eigenvalue weighted by molar-refractivity contribution is 6.51. The van der Waals surface area contributed by atoms with Crippen LogP contribution in [0.25, 0.3) is 64.6 Å². The van der Waals surface area contributed by atoms with Crippen LogP contribution < -0.4 is 0 Å². The van der Waals surface area contributed by atoms with E-state index >= 15 is 0 Å². The first-order valence-electron chi connectivity index (χ1n) is 23.1. The highest BCUT2D eigenvalue weighted by Gasteiger charge is 2.13. The van der Waals surface area contributed by atoms with Crippen LogP contribution in [0, 0.1) is 291 Å². The predicted octanol–water partition coefficient (Wildman–Crippen LogP) is 16.4. The zero-order valence-corrected chi connectivity index (χ0v) is 46.7. The zero-order chi connectivity index (χ0) is 58.8. The summed E-state index contributed by atoms with van der Waals surface area (Å²) < 4.78 is 0. The molecule has 0 saturated carbocycles. The van der Waals surface area contributed by atoms with Crippen LogP contribution >= 0.6 is 69.6 Å². The summed E-state index contributed by atoms with van der Waals surface area (Å²) in [7, 11) is 0. The van der Waals surface area contributed by atoms with E-state index in [9.17, 15) is 0 Å². The second-order valence-corrected chi connectivity index (χ2v) is 17.1. The maximum Gasteiger partial charge on any atom is 0.0750 e. The number of halogens is 6. The first kappa shape index (κ1) is 59.0. The highest BCUT2D eigenvalue weighted by atomic mass is 35.5. The summed E-state index contributed by atoms with van der Waals surface area (Å²) in [6.07, 6.45) is 0. The number of rotatable bonds is 0. The van der Waals surface area contributed by atoms with Gasteiger partial charge in [-0.2, -0.15) is 0 Å². The van der Waals surface area contributed by atoms with Gasteiger partial charge in [0.05, 0.1) is 62.5 Å². The molecule has 0 aliphatic rings. The Morgan fingerprint density at radius 2 is 0.226 bits per heavy atom. The van der Waals surface area contributed by atoms with Gasteiger partial charge in [0.2, 0.25) is 0 Å². The summed E-state index contributed by atoms with van der Waals surface area (Å²) in [5, 5.41) is 5.27. The molecule has 0 radical (unpaired) electrons. The van der Waals surface area contributed by atoms with E-state index in [0.717, 1.165) is 0 Å². The molecule has 366 valence electrons. The van der Waals surface area contributed by atoms with E-state index in [0.29, 0.717) is 32.3 Å². The molecule has 0 fully saturated rings. The number of hydrogen-bond acceptors (Lipinski definition) is 0. The van der Waals surface area contributed by atoms with Crippen molar-refractivity contribution in [2.24, 2.45) is 0 Å². The third-order valence-corrected chi connectivity index (χ3v) is 11.8. The van der Waals surface area contributed by atoms with E-state index in [1.165, 1.54) is 0 Å². The van der Waals surface area contributed by atoms with Crippen molar-refractivity contribution in [2.75, 3.05) is 0 Å². The number of hydrogen-bond donors (Lipinski definition) is 0. The highest BCUT2D eigenvalue weighted by Crippen LogP contribution is 2.39. The molecule has 0 atom stereocenters. The fourth-order valence-electron chi connectivity index (χ4n) is 5.83. The van der Waals surface area contributed by atoms with Crippen molar-refractivity contribution in [1.82, 2.24) is 0 Å². The third kappa shape index (κ3) is 18.7. The molecule has 0 saturated heterocycles. The fraction of sp³-hybridized carbons (Fsp3) is 0. The number of benzene rings is 5. The Balaban J connectivity index is 1.40. The molecule has 0 amide bonds. The first-order valence-corrected chi connectivity index (χ1v) is 25.4. The lowest BCUT2D eigenvalue weighted by Crippen LogP contribution is -1.77. The van der Waals surface area contributed by atoms with Crippen LogP contribution in [0.3, 0.4) is 0 Å². The standard InChI is InChI=1S/C78H12Cl6/c79-73-67-43-31-19-7-1-13-25-37-61-49-51-62(52-50-61)38-26-14-2-10-22-34-46-70-76(82)71-47-35-23-11-5-17-29-41-65-57-53-63(54-58-65)39-27-15-3-8-20-32-44-68(73)75(81)69(74(67)80)45-33-21-9-4-16-28-40-64-55-59-66(60-56-64)42-30-18-6-12-24-36-48-72(77(70)83)78(71)84/h49-60H. The molecule has 17 aromatic carbocycles. The van der Waals surface area contributed by atoms with Gasteiger partial charge >= 0.3 is 0 Å². The van der Waals surface area contributed by atoms with Gasteiger partial charge in [-0.1, -0.05) is 106 Å². The van der Waals surface area contributed by atoms with Crippen LogP contribution in [-0.2, 0) is 0 Å².